The Morgan fingerprint density at radius 1 is 0.350 bits per heavy atom. The van der Waals surface area contributed by atoms with Crippen LogP contribution in [0.3, 0.4) is 0 Å². The number of hydrogen-bond acceptors (Lipinski definition) is 6. The Bertz CT molecular complexity index is 918. The molecule has 0 N–H and O–H groups in total. The van der Waals surface area contributed by atoms with Crippen LogP contribution in [0.25, 0.3) is 0 Å². The van der Waals surface area contributed by atoms with Gasteiger partial charge in [-0.25, -0.2) is 0 Å². The first-order valence-corrected chi connectivity index (χ1v) is 26.8. The molecule has 356 valence electrons. The molecule has 0 aliphatic carbocycles. The van der Waals surface area contributed by atoms with E-state index in [4.69, 9.17) is 14.2 Å². The Balaban J connectivity index is 4.30. The number of carbonyl (C=O) groups is 3. The van der Waals surface area contributed by atoms with E-state index in [1.54, 1.807) is 0 Å². The van der Waals surface area contributed by atoms with Crippen LogP contribution >= 0.6 is 0 Å². The zero-order chi connectivity index (χ0) is 44.0. The van der Waals surface area contributed by atoms with Crippen molar-refractivity contribution in [3.63, 3.8) is 0 Å². The number of carbonyl (C=O) groups excluding carboxylic acids is 3. The third-order valence-corrected chi connectivity index (χ3v) is 12.6. The molecule has 0 radical (unpaired) electrons. The largest absolute Gasteiger partial charge is 0.462 e. The van der Waals surface area contributed by atoms with Crippen LogP contribution in [0.5, 0.6) is 0 Å². The van der Waals surface area contributed by atoms with Gasteiger partial charge in [0.15, 0.2) is 6.10 Å². The minimum atomic E-state index is -0.762. The fourth-order valence-corrected chi connectivity index (χ4v) is 8.13. The van der Waals surface area contributed by atoms with E-state index in [0.29, 0.717) is 19.3 Å². The predicted molar refractivity (Wildman–Crippen MR) is 256 cm³/mol. The molecule has 0 heterocycles. The highest BCUT2D eigenvalue weighted by Crippen LogP contribution is 2.18. The van der Waals surface area contributed by atoms with Gasteiger partial charge in [-0.3, -0.25) is 14.4 Å². The number of ether oxygens (including phenoxy) is 3. The molecule has 0 fully saturated rings. The highest BCUT2D eigenvalue weighted by Gasteiger charge is 2.19. The second-order valence-corrected chi connectivity index (χ2v) is 19.2. The average molecular weight is 849 g/mol. The predicted octanol–water partition coefficient (Wildman–Crippen LogP) is 17.3. The maximum absolute atomic E-state index is 12.8. The first-order chi connectivity index (χ1) is 29.3. The summed E-state index contributed by atoms with van der Waals surface area (Å²) in [6.07, 6.45) is 48.0. The first kappa shape index (κ1) is 58.4. The van der Waals surface area contributed by atoms with E-state index in [1.807, 2.05) is 0 Å². The maximum Gasteiger partial charge on any atom is 0.306 e. The zero-order valence-electron chi connectivity index (χ0n) is 41.1. The number of unbranched alkanes of at least 4 members (excludes halogenated alkanes) is 32. The van der Waals surface area contributed by atoms with Crippen molar-refractivity contribution in [2.45, 2.75) is 304 Å². The van der Waals surface area contributed by atoms with Gasteiger partial charge in [0.1, 0.15) is 13.2 Å². The van der Waals surface area contributed by atoms with Gasteiger partial charge in [-0.15, -0.1) is 0 Å². The summed E-state index contributed by atoms with van der Waals surface area (Å²) >= 11 is 0. The normalized spacial score (nSPS) is 12.5. The lowest BCUT2D eigenvalue weighted by atomic mass is 9.99. The van der Waals surface area contributed by atoms with Crippen molar-refractivity contribution in [2.75, 3.05) is 13.2 Å². The molecule has 6 heteroatoms. The monoisotopic (exact) mass is 849 g/mol. The molecule has 0 aromatic carbocycles. The summed E-state index contributed by atoms with van der Waals surface area (Å²) in [5.41, 5.74) is 0. The summed E-state index contributed by atoms with van der Waals surface area (Å²) in [4.78, 5) is 38.0. The van der Waals surface area contributed by atoms with Crippen LogP contribution in [-0.2, 0) is 28.6 Å². The lowest BCUT2D eigenvalue weighted by molar-refractivity contribution is -0.167. The Kier molecular flexibility index (Phi) is 45.7. The van der Waals surface area contributed by atoms with Crippen LogP contribution in [0, 0.1) is 11.8 Å². The van der Waals surface area contributed by atoms with Gasteiger partial charge < -0.3 is 14.2 Å². The first-order valence-electron chi connectivity index (χ1n) is 26.8. The Hall–Kier alpha value is -1.59. The van der Waals surface area contributed by atoms with E-state index in [1.165, 1.54) is 186 Å². The van der Waals surface area contributed by atoms with E-state index in [9.17, 15) is 14.4 Å². The van der Waals surface area contributed by atoms with Crippen LogP contribution in [-0.4, -0.2) is 37.2 Å². The SMILES string of the molecule is CCCCCCCCCCCCCCCCCCCC(=O)O[C@H](COC(=O)CCCCCCCCCCCCC(C)CC)COC(=O)CCCCCCCCCCC(C)C. The van der Waals surface area contributed by atoms with E-state index < -0.39 is 6.10 Å². The summed E-state index contributed by atoms with van der Waals surface area (Å²) in [6, 6.07) is 0. The molecular formula is C54H104O6. The summed E-state index contributed by atoms with van der Waals surface area (Å²) in [7, 11) is 0. The molecule has 0 aliphatic rings. The van der Waals surface area contributed by atoms with Crippen molar-refractivity contribution >= 4 is 17.9 Å². The van der Waals surface area contributed by atoms with Crippen molar-refractivity contribution in [1.29, 1.82) is 0 Å². The zero-order valence-corrected chi connectivity index (χ0v) is 41.1. The third kappa shape index (κ3) is 45.9. The maximum atomic E-state index is 12.8. The van der Waals surface area contributed by atoms with Crippen LogP contribution < -0.4 is 0 Å². The molecule has 0 saturated heterocycles. The lowest BCUT2D eigenvalue weighted by Gasteiger charge is -2.18. The summed E-state index contributed by atoms with van der Waals surface area (Å²) < 4.78 is 16.8. The van der Waals surface area contributed by atoms with E-state index >= 15 is 0 Å². The molecule has 0 saturated carbocycles. The van der Waals surface area contributed by atoms with Gasteiger partial charge in [-0.2, -0.15) is 0 Å². The van der Waals surface area contributed by atoms with Crippen molar-refractivity contribution in [1.82, 2.24) is 0 Å². The summed E-state index contributed by atoms with van der Waals surface area (Å²) in [5, 5.41) is 0. The van der Waals surface area contributed by atoms with Gasteiger partial charge in [-0.05, 0) is 31.1 Å². The molecule has 60 heavy (non-hydrogen) atoms. The smallest absolute Gasteiger partial charge is 0.306 e. The number of esters is 3. The van der Waals surface area contributed by atoms with Gasteiger partial charge in [0.05, 0.1) is 0 Å². The van der Waals surface area contributed by atoms with Crippen molar-refractivity contribution in [3.05, 3.63) is 0 Å². The average Bonchev–Trinajstić information content (AvgIpc) is 3.23. The molecule has 0 aromatic heterocycles. The second kappa shape index (κ2) is 46.9. The standard InChI is InChI=1S/C54H104O6/c1-6-8-9-10-11-12-13-14-15-16-17-18-19-24-31-36-41-46-54(57)60-51(48-59-53(56)45-40-35-30-26-25-27-32-37-42-49(3)4)47-58-52(55)44-39-34-29-23-21-20-22-28-33-38-43-50(5)7-2/h49-51H,6-48H2,1-5H3/t50?,51-/m1/s1. The van der Waals surface area contributed by atoms with Crippen molar-refractivity contribution in [3.8, 4) is 0 Å². The Morgan fingerprint density at radius 3 is 0.950 bits per heavy atom. The van der Waals surface area contributed by atoms with Crippen molar-refractivity contribution < 1.29 is 28.6 Å². The Morgan fingerprint density at radius 2 is 0.633 bits per heavy atom. The van der Waals surface area contributed by atoms with E-state index in [2.05, 4.69) is 34.6 Å². The van der Waals surface area contributed by atoms with Crippen LogP contribution in [0.2, 0.25) is 0 Å². The highest BCUT2D eigenvalue weighted by atomic mass is 16.6. The van der Waals surface area contributed by atoms with Gasteiger partial charge in [0.25, 0.3) is 0 Å². The molecule has 0 aromatic rings. The quantitative estimate of drug-likeness (QED) is 0.0345. The van der Waals surface area contributed by atoms with Crippen molar-refractivity contribution in [2.24, 2.45) is 11.8 Å². The fourth-order valence-electron chi connectivity index (χ4n) is 8.13. The minimum absolute atomic E-state index is 0.0641. The van der Waals surface area contributed by atoms with Crippen LogP contribution in [0.15, 0.2) is 0 Å². The highest BCUT2D eigenvalue weighted by molar-refractivity contribution is 5.71. The number of hydrogen-bond donors (Lipinski definition) is 0. The van der Waals surface area contributed by atoms with Gasteiger partial charge >= 0.3 is 17.9 Å². The topological polar surface area (TPSA) is 78.9 Å². The summed E-state index contributed by atoms with van der Waals surface area (Å²) in [6.45, 7) is 11.4. The lowest BCUT2D eigenvalue weighted by Crippen LogP contribution is -2.30. The summed E-state index contributed by atoms with van der Waals surface area (Å²) in [5.74, 6) is 0.818. The van der Waals surface area contributed by atoms with Crippen LogP contribution in [0.4, 0.5) is 0 Å². The van der Waals surface area contributed by atoms with Crippen LogP contribution in [0.1, 0.15) is 298 Å². The molecule has 0 amide bonds. The van der Waals surface area contributed by atoms with E-state index in [-0.39, 0.29) is 31.1 Å². The molecule has 6 nitrogen and oxygen atoms in total. The fraction of sp³-hybridized carbons (Fsp3) is 0.944. The van der Waals surface area contributed by atoms with Gasteiger partial charge in [-0.1, -0.05) is 259 Å². The number of rotatable bonds is 48. The molecule has 0 bridgehead atoms. The Labute approximate surface area is 374 Å². The van der Waals surface area contributed by atoms with E-state index in [0.717, 1.165) is 69.6 Å². The minimum Gasteiger partial charge on any atom is -0.462 e. The second-order valence-electron chi connectivity index (χ2n) is 19.2. The third-order valence-electron chi connectivity index (χ3n) is 12.6. The van der Waals surface area contributed by atoms with Gasteiger partial charge in [0, 0.05) is 19.3 Å². The molecule has 1 unspecified atom stereocenters. The molecule has 0 aliphatic heterocycles. The van der Waals surface area contributed by atoms with Gasteiger partial charge in [0.2, 0.25) is 0 Å². The molecule has 2 atom stereocenters. The molecular weight excluding hydrogens is 745 g/mol. The molecule has 0 rings (SSSR count). The molecule has 0 spiro atoms.